The Morgan fingerprint density at radius 2 is 2.33 bits per heavy atom. The van der Waals surface area contributed by atoms with Crippen LogP contribution < -0.4 is 5.32 Å². The van der Waals surface area contributed by atoms with E-state index in [-0.39, 0.29) is 17.9 Å². The van der Waals surface area contributed by atoms with Gasteiger partial charge in [-0.1, -0.05) is 6.42 Å². The lowest BCUT2D eigenvalue weighted by Crippen LogP contribution is -2.32. The van der Waals surface area contributed by atoms with Crippen LogP contribution in [0.1, 0.15) is 35.3 Å². The number of pyridine rings is 1. The van der Waals surface area contributed by atoms with Gasteiger partial charge in [0, 0.05) is 18.2 Å². The first-order valence-corrected chi connectivity index (χ1v) is 6.96. The number of aryl methyl sites for hydroxylation is 1. The van der Waals surface area contributed by atoms with E-state index in [1.807, 2.05) is 13.0 Å². The van der Waals surface area contributed by atoms with Crippen LogP contribution in [0.15, 0.2) is 16.7 Å². The first kappa shape index (κ1) is 13.5. The summed E-state index contributed by atoms with van der Waals surface area (Å²) in [6.07, 6.45) is 2.59. The van der Waals surface area contributed by atoms with Crippen LogP contribution in [-0.2, 0) is 0 Å². The van der Waals surface area contributed by atoms with Gasteiger partial charge < -0.3 is 10.4 Å². The van der Waals surface area contributed by atoms with Crippen LogP contribution in [0.5, 0.6) is 0 Å². The monoisotopic (exact) mass is 312 g/mol. The third-order valence-corrected chi connectivity index (χ3v) is 3.98. The zero-order valence-corrected chi connectivity index (χ0v) is 11.9. The molecule has 1 fully saturated rings. The summed E-state index contributed by atoms with van der Waals surface area (Å²) in [7, 11) is 0. The first-order valence-electron chi connectivity index (χ1n) is 6.17. The van der Waals surface area contributed by atoms with Gasteiger partial charge in [0.25, 0.3) is 5.91 Å². The number of aromatic nitrogens is 1. The van der Waals surface area contributed by atoms with Gasteiger partial charge in [0.2, 0.25) is 0 Å². The highest BCUT2D eigenvalue weighted by Crippen LogP contribution is 2.24. The van der Waals surface area contributed by atoms with E-state index in [9.17, 15) is 9.90 Å². The Morgan fingerprint density at radius 3 is 2.94 bits per heavy atom. The van der Waals surface area contributed by atoms with Crippen molar-refractivity contribution in [3.63, 3.8) is 0 Å². The molecular weight excluding hydrogens is 296 g/mol. The molecule has 1 aliphatic carbocycles. The van der Waals surface area contributed by atoms with Gasteiger partial charge in [0.05, 0.1) is 11.7 Å². The predicted molar refractivity (Wildman–Crippen MR) is 72.4 cm³/mol. The average Bonchev–Trinajstić information content (AvgIpc) is 2.72. The molecule has 1 amide bonds. The van der Waals surface area contributed by atoms with Gasteiger partial charge in [-0.25, -0.2) is 4.98 Å². The van der Waals surface area contributed by atoms with Crippen LogP contribution in [0.3, 0.4) is 0 Å². The Balaban J connectivity index is 1.95. The fourth-order valence-corrected chi connectivity index (χ4v) is 2.86. The molecule has 0 radical (unpaired) electrons. The van der Waals surface area contributed by atoms with E-state index in [0.717, 1.165) is 25.0 Å². The van der Waals surface area contributed by atoms with Crippen LogP contribution in [0.2, 0.25) is 0 Å². The number of hydrogen-bond donors (Lipinski definition) is 2. The molecule has 0 bridgehead atoms. The third kappa shape index (κ3) is 3.09. The molecule has 2 atom stereocenters. The summed E-state index contributed by atoms with van der Waals surface area (Å²) in [5, 5.41) is 12.6. The van der Waals surface area contributed by atoms with Gasteiger partial charge in [0.15, 0.2) is 0 Å². The normalized spacial score (nSPS) is 23.1. The van der Waals surface area contributed by atoms with Gasteiger partial charge in [-0.05, 0) is 47.8 Å². The molecule has 1 saturated carbocycles. The maximum atomic E-state index is 12.0. The highest BCUT2D eigenvalue weighted by atomic mass is 79.9. The molecule has 18 heavy (non-hydrogen) atoms. The van der Waals surface area contributed by atoms with Crippen molar-refractivity contribution < 1.29 is 9.90 Å². The van der Waals surface area contributed by atoms with E-state index in [4.69, 9.17) is 0 Å². The van der Waals surface area contributed by atoms with E-state index in [2.05, 4.69) is 26.2 Å². The molecule has 4 nitrogen and oxygen atoms in total. The lowest BCUT2D eigenvalue weighted by Gasteiger charge is -2.15. The highest BCUT2D eigenvalue weighted by Gasteiger charge is 2.25. The predicted octanol–water partition coefficient (Wildman–Crippen LogP) is 2.04. The zero-order chi connectivity index (χ0) is 13.1. The van der Waals surface area contributed by atoms with Crippen molar-refractivity contribution in [1.82, 2.24) is 10.3 Å². The Bertz CT molecular complexity index is 451. The smallest absolute Gasteiger partial charge is 0.254 e. The third-order valence-electron chi connectivity index (χ3n) is 3.38. The number of carbonyl (C=O) groups is 1. The van der Waals surface area contributed by atoms with E-state index in [1.54, 1.807) is 6.07 Å². The maximum absolute atomic E-state index is 12.0. The minimum absolute atomic E-state index is 0.145. The molecule has 1 aliphatic rings. The van der Waals surface area contributed by atoms with Gasteiger partial charge in [-0.15, -0.1) is 0 Å². The Morgan fingerprint density at radius 1 is 1.56 bits per heavy atom. The molecule has 5 heteroatoms. The molecule has 0 saturated heterocycles. The number of amides is 1. The molecule has 98 valence electrons. The summed E-state index contributed by atoms with van der Waals surface area (Å²) in [6, 6.07) is 3.57. The summed E-state index contributed by atoms with van der Waals surface area (Å²) < 4.78 is 0.562. The fourth-order valence-electron chi connectivity index (χ4n) is 2.27. The van der Waals surface area contributed by atoms with E-state index < -0.39 is 0 Å². The summed E-state index contributed by atoms with van der Waals surface area (Å²) in [4.78, 5) is 16.2. The van der Waals surface area contributed by atoms with Gasteiger partial charge in [-0.3, -0.25) is 4.79 Å². The Kier molecular flexibility index (Phi) is 4.35. The van der Waals surface area contributed by atoms with Crippen LogP contribution in [0.4, 0.5) is 0 Å². The van der Waals surface area contributed by atoms with Crippen LogP contribution >= 0.6 is 15.9 Å². The second kappa shape index (κ2) is 5.80. The molecule has 2 N–H and O–H groups in total. The number of nitrogens with zero attached hydrogens (tertiary/aromatic N) is 1. The van der Waals surface area contributed by atoms with Gasteiger partial charge in [0.1, 0.15) is 4.60 Å². The lowest BCUT2D eigenvalue weighted by atomic mass is 10.1. The molecule has 2 unspecified atom stereocenters. The number of halogens is 1. The molecule has 0 spiro atoms. The lowest BCUT2D eigenvalue weighted by molar-refractivity contribution is 0.0915. The van der Waals surface area contributed by atoms with Crippen LogP contribution in [-0.4, -0.2) is 28.6 Å². The van der Waals surface area contributed by atoms with Crippen molar-refractivity contribution >= 4 is 21.8 Å². The number of nitrogens with one attached hydrogen (secondary N) is 1. The van der Waals surface area contributed by atoms with Crippen molar-refractivity contribution in [1.29, 1.82) is 0 Å². The SMILES string of the molecule is Cc1ccc(C(=O)NCC2CCCC2O)c(Br)n1. The first-order chi connectivity index (χ1) is 8.58. The number of hydrogen-bond acceptors (Lipinski definition) is 3. The van der Waals surface area contributed by atoms with Crippen LogP contribution in [0.25, 0.3) is 0 Å². The number of aliphatic hydroxyl groups is 1. The molecule has 1 aromatic heterocycles. The zero-order valence-electron chi connectivity index (χ0n) is 10.3. The topological polar surface area (TPSA) is 62.2 Å². The molecule has 2 rings (SSSR count). The van der Waals surface area contributed by atoms with E-state index >= 15 is 0 Å². The molecular formula is C13H17BrN2O2. The average molecular weight is 313 g/mol. The number of aliphatic hydroxyl groups excluding tert-OH is 1. The Hall–Kier alpha value is -0.940. The molecule has 1 heterocycles. The minimum Gasteiger partial charge on any atom is -0.393 e. The quantitative estimate of drug-likeness (QED) is 0.840. The summed E-state index contributed by atoms with van der Waals surface area (Å²) >= 11 is 3.29. The van der Waals surface area contributed by atoms with E-state index in [1.165, 1.54) is 0 Å². The van der Waals surface area contributed by atoms with Crippen molar-refractivity contribution in [2.45, 2.75) is 32.3 Å². The summed E-state index contributed by atoms with van der Waals surface area (Å²) in [6.45, 7) is 2.40. The molecule has 1 aromatic rings. The fraction of sp³-hybridized carbons (Fsp3) is 0.538. The molecule has 0 aromatic carbocycles. The number of carbonyl (C=O) groups excluding carboxylic acids is 1. The van der Waals surface area contributed by atoms with Crippen molar-refractivity contribution in [3.05, 3.63) is 28.0 Å². The second-order valence-corrected chi connectivity index (χ2v) is 5.51. The highest BCUT2D eigenvalue weighted by molar-refractivity contribution is 9.10. The van der Waals surface area contributed by atoms with Crippen LogP contribution in [0, 0.1) is 12.8 Å². The Labute approximate surface area is 115 Å². The minimum atomic E-state index is -0.273. The summed E-state index contributed by atoms with van der Waals surface area (Å²) in [5.74, 6) is 0.0413. The van der Waals surface area contributed by atoms with Crippen molar-refractivity contribution in [2.75, 3.05) is 6.54 Å². The second-order valence-electron chi connectivity index (χ2n) is 4.76. The van der Waals surface area contributed by atoms with Crippen molar-refractivity contribution in [3.8, 4) is 0 Å². The molecule has 0 aliphatic heterocycles. The maximum Gasteiger partial charge on any atom is 0.254 e. The number of rotatable bonds is 3. The van der Waals surface area contributed by atoms with Crippen molar-refractivity contribution in [2.24, 2.45) is 5.92 Å². The standard InChI is InChI=1S/C13H17BrN2O2/c1-8-5-6-10(12(14)16-8)13(18)15-7-9-3-2-4-11(9)17/h5-6,9,11,17H,2-4,7H2,1H3,(H,15,18). The summed E-state index contributed by atoms with van der Waals surface area (Å²) in [5.41, 5.74) is 1.40. The van der Waals surface area contributed by atoms with E-state index in [0.29, 0.717) is 16.7 Å². The van der Waals surface area contributed by atoms with Gasteiger partial charge >= 0.3 is 0 Å². The largest absolute Gasteiger partial charge is 0.393 e. The van der Waals surface area contributed by atoms with Gasteiger partial charge in [-0.2, -0.15) is 0 Å².